The third kappa shape index (κ3) is 4.08. The number of nitrogen functional groups attached to an aromatic ring is 1. The third-order valence-corrected chi connectivity index (χ3v) is 4.80. The molecule has 3 rings (SSSR count). The van der Waals surface area contributed by atoms with Gasteiger partial charge in [-0.3, -0.25) is 4.79 Å². The molecule has 2 aromatic carbocycles. The molecule has 3 amide bonds. The Bertz CT molecular complexity index is 812. The van der Waals surface area contributed by atoms with Gasteiger partial charge in [0.15, 0.2) is 0 Å². The van der Waals surface area contributed by atoms with Crippen molar-refractivity contribution in [1.82, 2.24) is 10.2 Å². The first kappa shape index (κ1) is 18.1. The van der Waals surface area contributed by atoms with Crippen LogP contribution in [-0.4, -0.2) is 29.4 Å². The number of benzene rings is 2. The van der Waals surface area contributed by atoms with Crippen LogP contribution in [0.5, 0.6) is 0 Å². The Kier molecular flexibility index (Phi) is 5.32. The van der Waals surface area contributed by atoms with Crippen molar-refractivity contribution in [2.45, 2.75) is 25.4 Å². The fourth-order valence-electron chi connectivity index (χ4n) is 3.09. The van der Waals surface area contributed by atoms with E-state index in [-0.39, 0.29) is 24.4 Å². The topological polar surface area (TPSA) is 87.5 Å². The Morgan fingerprint density at radius 1 is 1.27 bits per heavy atom. The lowest BCUT2D eigenvalue weighted by atomic mass is 10.1. The highest BCUT2D eigenvalue weighted by Gasteiger charge is 2.33. The second-order valence-electron chi connectivity index (χ2n) is 6.37. The molecular weight excluding hydrogens is 352 g/mol. The van der Waals surface area contributed by atoms with Gasteiger partial charge in [-0.05, 0) is 30.7 Å². The van der Waals surface area contributed by atoms with Gasteiger partial charge in [-0.1, -0.05) is 41.9 Å². The molecule has 2 atom stereocenters. The molecule has 1 aliphatic rings. The Morgan fingerprint density at radius 3 is 2.69 bits per heavy atom. The van der Waals surface area contributed by atoms with E-state index in [1.807, 2.05) is 37.3 Å². The van der Waals surface area contributed by atoms with Crippen LogP contribution in [-0.2, 0) is 4.79 Å². The Labute approximate surface area is 157 Å². The molecule has 0 radical (unpaired) electrons. The summed E-state index contributed by atoms with van der Waals surface area (Å²) in [5, 5.41) is 5.88. The number of hydrogen-bond donors (Lipinski definition) is 3. The summed E-state index contributed by atoms with van der Waals surface area (Å²) in [4.78, 5) is 26.4. The number of urea groups is 1. The van der Waals surface area contributed by atoms with E-state index in [0.717, 1.165) is 5.56 Å². The summed E-state index contributed by atoms with van der Waals surface area (Å²) in [5.74, 6) is 0.0252. The summed E-state index contributed by atoms with van der Waals surface area (Å²) in [7, 11) is 0. The zero-order chi connectivity index (χ0) is 18.7. The molecule has 2 unspecified atom stereocenters. The van der Waals surface area contributed by atoms with Crippen LogP contribution >= 0.6 is 11.6 Å². The zero-order valence-corrected chi connectivity index (χ0v) is 15.2. The van der Waals surface area contributed by atoms with Gasteiger partial charge in [-0.15, -0.1) is 0 Å². The minimum Gasteiger partial charge on any atom is -0.399 e. The maximum absolute atomic E-state index is 12.4. The number of carbonyl (C=O) groups excluding carboxylic acids is 2. The summed E-state index contributed by atoms with van der Waals surface area (Å²) < 4.78 is 0. The van der Waals surface area contributed by atoms with Crippen molar-refractivity contribution >= 4 is 34.9 Å². The van der Waals surface area contributed by atoms with Gasteiger partial charge in [0.25, 0.3) is 0 Å². The average molecular weight is 373 g/mol. The van der Waals surface area contributed by atoms with Crippen LogP contribution in [0.15, 0.2) is 48.5 Å². The highest BCUT2D eigenvalue weighted by molar-refractivity contribution is 6.34. The lowest BCUT2D eigenvalue weighted by Gasteiger charge is -2.25. The predicted octanol–water partition coefficient (Wildman–Crippen LogP) is 3.41. The average Bonchev–Trinajstić information content (AvgIpc) is 2.97. The van der Waals surface area contributed by atoms with Crippen LogP contribution < -0.4 is 16.4 Å². The number of likely N-dealkylation sites (tertiary alicyclic amines) is 1. The Morgan fingerprint density at radius 2 is 2.00 bits per heavy atom. The van der Waals surface area contributed by atoms with Crippen molar-refractivity contribution in [2.24, 2.45) is 0 Å². The van der Waals surface area contributed by atoms with Crippen molar-refractivity contribution in [3.8, 4) is 0 Å². The number of carbonyl (C=O) groups is 2. The Balaban J connectivity index is 1.59. The highest BCUT2D eigenvalue weighted by Crippen LogP contribution is 2.26. The number of nitrogens with two attached hydrogens (primary N) is 1. The smallest absolute Gasteiger partial charge is 0.319 e. The molecule has 1 saturated heterocycles. The summed E-state index contributed by atoms with van der Waals surface area (Å²) in [6, 6.07) is 14.0. The van der Waals surface area contributed by atoms with Crippen molar-refractivity contribution in [3.05, 3.63) is 59.1 Å². The number of nitrogens with one attached hydrogen (secondary N) is 2. The van der Waals surface area contributed by atoms with Gasteiger partial charge in [0.05, 0.1) is 22.8 Å². The largest absolute Gasteiger partial charge is 0.399 e. The van der Waals surface area contributed by atoms with Gasteiger partial charge < -0.3 is 21.3 Å². The molecule has 0 aliphatic carbocycles. The number of amides is 3. The van der Waals surface area contributed by atoms with E-state index < -0.39 is 6.03 Å². The van der Waals surface area contributed by atoms with Crippen LogP contribution in [0, 0.1) is 0 Å². The van der Waals surface area contributed by atoms with E-state index in [1.165, 1.54) is 0 Å². The first-order chi connectivity index (χ1) is 12.4. The monoisotopic (exact) mass is 372 g/mol. The number of halogens is 1. The molecular formula is C19H21ClN4O2. The summed E-state index contributed by atoms with van der Waals surface area (Å²) in [6.45, 7) is 2.46. The molecule has 1 heterocycles. The molecule has 2 aromatic rings. The normalized spacial score (nSPS) is 17.8. The SMILES string of the molecule is CC(c1ccccc1)N1CC(NC(=O)Nc2ccc(N)cc2Cl)CC1=O. The summed E-state index contributed by atoms with van der Waals surface area (Å²) in [5.41, 5.74) is 7.70. The predicted molar refractivity (Wildman–Crippen MR) is 103 cm³/mol. The fraction of sp³-hybridized carbons (Fsp3) is 0.263. The van der Waals surface area contributed by atoms with Crippen LogP contribution in [0.1, 0.15) is 24.9 Å². The second kappa shape index (κ2) is 7.66. The number of hydrogen-bond acceptors (Lipinski definition) is 3. The van der Waals surface area contributed by atoms with Gasteiger partial charge in [-0.2, -0.15) is 0 Å². The van der Waals surface area contributed by atoms with Crippen molar-refractivity contribution in [3.63, 3.8) is 0 Å². The lowest BCUT2D eigenvalue weighted by Crippen LogP contribution is -2.40. The molecule has 0 saturated carbocycles. The second-order valence-corrected chi connectivity index (χ2v) is 6.78. The van der Waals surface area contributed by atoms with E-state index in [4.69, 9.17) is 17.3 Å². The van der Waals surface area contributed by atoms with E-state index in [2.05, 4.69) is 10.6 Å². The standard InChI is InChI=1S/C19H21ClN4O2/c1-12(13-5-3-2-4-6-13)24-11-15(10-18(24)25)22-19(26)23-17-8-7-14(21)9-16(17)20/h2-9,12,15H,10-11,21H2,1H3,(H2,22,23,26). The molecule has 1 aliphatic heterocycles. The molecule has 0 aromatic heterocycles. The van der Waals surface area contributed by atoms with Crippen LogP contribution in [0.4, 0.5) is 16.2 Å². The van der Waals surface area contributed by atoms with Gasteiger partial charge in [0, 0.05) is 18.7 Å². The van der Waals surface area contributed by atoms with E-state index in [0.29, 0.717) is 22.9 Å². The van der Waals surface area contributed by atoms with E-state index in [1.54, 1.807) is 23.1 Å². The maximum atomic E-state index is 12.4. The van der Waals surface area contributed by atoms with Gasteiger partial charge in [0.2, 0.25) is 5.91 Å². The summed E-state index contributed by atoms with van der Waals surface area (Å²) >= 11 is 6.06. The molecule has 1 fully saturated rings. The molecule has 136 valence electrons. The van der Waals surface area contributed by atoms with Gasteiger partial charge >= 0.3 is 6.03 Å². The minimum atomic E-state index is -0.399. The quantitative estimate of drug-likeness (QED) is 0.719. The molecule has 0 spiro atoms. The van der Waals surface area contributed by atoms with Crippen LogP contribution in [0.3, 0.4) is 0 Å². The van der Waals surface area contributed by atoms with Gasteiger partial charge in [0.1, 0.15) is 0 Å². The molecule has 6 nitrogen and oxygen atoms in total. The molecule has 0 bridgehead atoms. The number of anilines is 2. The maximum Gasteiger partial charge on any atom is 0.319 e. The third-order valence-electron chi connectivity index (χ3n) is 4.48. The van der Waals surface area contributed by atoms with Gasteiger partial charge in [-0.25, -0.2) is 4.79 Å². The lowest BCUT2D eigenvalue weighted by molar-refractivity contribution is -0.129. The highest BCUT2D eigenvalue weighted by atomic mass is 35.5. The number of rotatable bonds is 4. The van der Waals surface area contributed by atoms with E-state index >= 15 is 0 Å². The number of nitrogens with zero attached hydrogens (tertiary/aromatic N) is 1. The first-order valence-electron chi connectivity index (χ1n) is 8.41. The molecule has 26 heavy (non-hydrogen) atoms. The summed E-state index contributed by atoms with van der Waals surface area (Å²) in [6.07, 6.45) is 0.278. The van der Waals surface area contributed by atoms with Crippen molar-refractivity contribution in [1.29, 1.82) is 0 Å². The zero-order valence-electron chi connectivity index (χ0n) is 14.4. The fourth-order valence-corrected chi connectivity index (χ4v) is 3.33. The molecule has 4 N–H and O–H groups in total. The minimum absolute atomic E-state index is 0.0252. The van der Waals surface area contributed by atoms with Crippen LogP contribution in [0.2, 0.25) is 5.02 Å². The van der Waals surface area contributed by atoms with Crippen molar-refractivity contribution < 1.29 is 9.59 Å². The van der Waals surface area contributed by atoms with Crippen molar-refractivity contribution in [2.75, 3.05) is 17.6 Å². The first-order valence-corrected chi connectivity index (χ1v) is 8.79. The van der Waals surface area contributed by atoms with Crippen LogP contribution in [0.25, 0.3) is 0 Å². The molecule has 7 heteroatoms. The Hall–Kier alpha value is -2.73. The van der Waals surface area contributed by atoms with E-state index in [9.17, 15) is 9.59 Å².